The van der Waals surface area contributed by atoms with Gasteiger partial charge in [0.2, 0.25) is 0 Å². The highest BCUT2D eigenvalue weighted by Gasteiger charge is 2.42. The third-order valence-corrected chi connectivity index (χ3v) is 5.38. The second-order valence-electron chi connectivity index (χ2n) is 7.13. The molecule has 0 amide bonds. The number of nitrogens with zero attached hydrogens (tertiary/aromatic N) is 4. The summed E-state index contributed by atoms with van der Waals surface area (Å²) in [5.41, 5.74) is 1.67. The fourth-order valence-electron chi connectivity index (χ4n) is 3.87. The van der Waals surface area contributed by atoms with Gasteiger partial charge in [-0.05, 0) is 30.5 Å². The largest absolute Gasteiger partial charge is 0.381 e. The quantitative estimate of drug-likeness (QED) is 0.413. The zero-order chi connectivity index (χ0) is 18.0. The van der Waals surface area contributed by atoms with Gasteiger partial charge in [-0.3, -0.25) is 4.99 Å². The number of benzene rings is 1. The van der Waals surface area contributed by atoms with Gasteiger partial charge in [0.1, 0.15) is 5.82 Å². The van der Waals surface area contributed by atoms with Gasteiger partial charge in [-0.15, -0.1) is 24.0 Å². The Morgan fingerprint density at radius 1 is 1.41 bits per heavy atom. The van der Waals surface area contributed by atoms with E-state index >= 15 is 0 Å². The number of halogens is 2. The molecular weight excluding hydrogens is 460 g/mol. The zero-order valence-corrected chi connectivity index (χ0v) is 17.7. The highest BCUT2D eigenvalue weighted by atomic mass is 127. The van der Waals surface area contributed by atoms with E-state index in [4.69, 9.17) is 4.74 Å². The van der Waals surface area contributed by atoms with Gasteiger partial charge in [0.15, 0.2) is 5.96 Å². The van der Waals surface area contributed by atoms with E-state index in [1.165, 1.54) is 0 Å². The molecule has 1 aromatic heterocycles. The van der Waals surface area contributed by atoms with Crippen LogP contribution in [0.15, 0.2) is 41.9 Å². The lowest BCUT2D eigenvalue weighted by Crippen LogP contribution is -2.41. The number of ether oxygens (including phenoxy) is 1. The minimum absolute atomic E-state index is 0. The number of hydrogen-bond donors (Lipinski definition) is 1. The van der Waals surface area contributed by atoms with E-state index in [2.05, 4.69) is 20.2 Å². The average molecular weight is 485 g/mol. The van der Waals surface area contributed by atoms with Crippen molar-refractivity contribution in [3.63, 3.8) is 0 Å². The Morgan fingerprint density at radius 2 is 2.30 bits per heavy atom. The predicted octanol–water partition coefficient (Wildman–Crippen LogP) is 2.82. The van der Waals surface area contributed by atoms with Crippen LogP contribution < -0.4 is 5.32 Å². The summed E-state index contributed by atoms with van der Waals surface area (Å²) >= 11 is 0. The molecule has 0 saturated carbocycles. The van der Waals surface area contributed by atoms with Crippen LogP contribution in [0.2, 0.25) is 0 Å². The first kappa shape index (κ1) is 20.1. The van der Waals surface area contributed by atoms with Gasteiger partial charge in [-0.2, -0.15) is 0 Å². The standard InChI is InChI=1S/C19H24FN5O.HI/c1-21-18(24-7-4-19(12-24)5-9-26-13-19)23-11-15-2-3-17(16(20)10-15)25-8-6-22-14-25;/h2-3,6,8,10,14H,4-5,7,9,11-13H2,1H3,(H,21,23);1H. The molecule has 1 spiro atoms. The van der Waals surface area contributed by atoms with Gasteiger partial charge in [0, 0.05) is 51.1 Å². The minimum atomic E-state index is -0.263. The maximum atomic E-state index is 14.4. The van der Waals surface area contributed by atoms with Crippen molar-refractivity contribution in [1.29, 1.82) is 0 Å². The normalized spacial score (nSPS) is 22.3. The molecule has 1 aromatic carbocycles. The topological polar surface area (TPSA) is 54.7 Å². The number of nitrogens with one attached hydrogen (secondary N) is 1. The first-order valence-corrected chi connectivity index (χ1v) is 8.99. The number of guanidine groups is 1. The summed E-state index contributed by atoms with van der Waals surface area (Å²) in [6.45, 7) is 4.20. The van der Waals surface area contributed by atoms with Crippen molar-refractivity contribution in [1.82, 2.24) is 19.8 Å². The van der Waals surface area contributed by atoms with E-state index in [9.17, 15) is 4.39 Å². The number of rotatable bonds is 3. The summed E-state index contributed by atoms with van der Waals surface area (Å²) < 4.78 is 21.6. The first-order chi connectivity index (χ1) is 12.7. The van der Waals surface area contributed by atoms with Crippen molar-refractivity contribution in [2.45, 2.75) is 19.4 Å². The third-order valence-electron chi connectivity index (χ3n) is 5.38. The molecule has 2 aliphatic rings. The lowest BCUT2D eigenvalue weighted by Gasteiger charge is -2.25. The van der Waals surface area contributed by atoms with Crippen LogP contribution in [0.25, 0.3) is 5.69 Å². The van der Waals surface area contributed by atoms with Gasteiger partial charge in [-0.25, -0.2) is 9.37 Å². The van der Waals surface area contributed by atoms with Crippen molar-refractivity contribution >= 4 is 29.9 Å². The van der Waals surface area contributed by atoms with Crippen LogP contribution in [0.3, 0.4) is 0 Å². The molecule has 1 N–H and O–H groups in total. The lowest BCUT2D eigenvalue weighted by atomic mass is 9.87. The molecule has 0 bridgehead atoms. The molecule has 1 atom stereocenters. The molecule has 1 unspecified atom stereocenters. The highest BCUT2D eigenvalue weighted by molar-refractivity contribution is 14.0. The van der Waals surface area contributed by atoms with Gasteiger partial charge >= 0.3 is 0 Å². The Hall–Kier alpha value is -1.68. The molecule has 2 aliphatic heterocycles. The second-order valence-corrected chi connectivity index (χ2v) is 7.13. The Kier molecular flexibility index (Phi) is 6.36. The number of imidazole rings is 1. The van der Waals surface area contributed by atoms with Crippen LogP contribution in [0.1, 0.15) is 18.4 Å². The number of hydrogen-bond acceptors (Lipinski definition) is 3. The van der Waals surface area contributed by atoms with E-state index in [1.54, 1.807) is 42.5 Å². The van der Waals surface area contributed by atoms with Crippen LogP contribution in [0.4, 0.5) is 4.39 Å². The fraction of sp³-hybridized carbons (Fsp3) is 0.474. The smallest absolute Gasteiger partial charge is 0.193 e. The van der Waals surface area contributed by atoms with E-state index in [0.29, 0.717) is 12.2 Å². The fourth-order valence-corrected chi connectivity index (χ4v) is 3.87. The molecule has 146 valence electrons. The molecule has 2 saturated heterocycles. The maximum Gasteiger partial charge on any atom is 0.193 e. The number of aliphatic imine (C=N–C) groups is 1. The summed E-state index contributed by atoms with van der Waals surface area (Å²) in [7, 11) is 1.79. The monoisotopic (exact) mass is 485 g/mol. The van der Waals surface area contributed by atoms with Gasteiger partial charge in [0.25, 0.3) is 0 Å². The molecular formula is C19H25FIN5O. The van der Waals surface area contributed by atoms with Gasteiger partial charge in [0.05, 0.1) is 18.6 Å². The Morgan fingerprint density at radius 3 is 2.96 bits per heavy atom. The zero-order valence-electron chi connectivity index (χ0n) is 15.4. The minimum Gasteiger partial charge on any atom is -0.381 e. The molecule has 3 heterocycles. The van der Waals surface area contributed by atoms with Crippen molar-refractivity contribution in [3.8, 4) is 5.69 Å². The summed E-state index contributed by atoms with van der Waals surface area (Å²) in [5.74, 6) is 0.605. The number of likely N-dealkylation sites (tertiary alicyclic amines) is 1. The molecule has 2 fully saturated rings. The van der Waals surface area contributed by atoms with Crippen molar-refractivity contribution < 1.29 is 9.13 Å². The Balaban J connectivity index is 0.00000210. The van der Waals surface area contributed by atoms with Crippen LogP contribution in [0.5, 0.6) is 0 Å². The highest BCUT2D eigenvalue weighted by Crippen LogP contribution is 2.38. The molecule has 27 heavy (non-hydrogen) atoms. The first-order valence-electron chi connectivity index (χ1n) is 8.99. The van der Waals surface area contributed by atoms with E-state index in [1.807, 2.05) is 6.07 Å². The van der Waals surface area contributed by atoms with Crippen LogP contribution in [-0.2, 0) is 11.3 Å². The van der Waals surface area contributed by atoms with Crippen molar-refractivity contribution in [2.75, 3.05) is 33.4 Å². The maximum absolute atomic E-state index is 14.4. The summed E-state index contributed by atoms with van der Waals surface area (Å²) in [6.07, 6.45) is 7.22. The van der Waals surface area contributed by atoms with Crippen molar-refractivity contribution in [3.05, 3.63) is 48.3 Å². The van der Waals surface area contributed by atoms with Crippen LogP contribution in [0, 0.1) is 11.2 Å². The van der Waals surface area contributed by atoms with Gasteiger partial charge in [-0.1, -0.05) is 6.07 Å². The molecule has 2 aromatic rings. The lowest BCUT2D eigenvalue weighted by molar-refractivity contribution is 0.156. The molecule has 0 radical (unpaired) electrons. The van der Waals surface area contributed by atoms with E-state index < -0.39 is 0 Å². The molecule has 6 nitrogen and oxygen atoms in total. The molecule has 8 heteroatoms. The van der Waals surface area contributed by atoms with Gasteiger partial charge < -0.3 is 19.5 Å². The van der Waals surface area contributed by atoms with Crippen LogP contribution >= 0.6 is 24.0 Å². The van der Waals surface area contributed by atoms with E-state index in [0.717, 1.165) is 50.7 Å². The Bertz CT molecular complexity index is 789. The summed E-state index contributed by atoms with van der Waals surface area (Å²) in [6, 6.07) is 5.26. The average Bonchev–Trinajstić information content (AvgIpc) is 3.40. The van der Waals surface area contributed by atoms with Crippen LogP contribution in [-0.4, -0.2) is 53.8 Å². The van der Waals surface area contributed by atoms with Crippen molar-refractivity contribution in [2.24, 2.45) is 10.4 Å². The predicted molar refractivity (Wildman–Crippen MR) is 113 cm³/mol. The number of aromatic nitrogens is 2. The Labute approximate surface area is 175 Å². The summed E-state index contributed by atoms with van der Waals surface area (Å²) in [5, 5.41) is 3.36. The summed E-state index contributed by atoms with van der Waals surface area (Å²) in [4.78, 5) is 10.6. The molecule has 4 rings (SSSR count). The SMILES string of the molecule is CN=C(NCc1ccc(-n2ccnc2)c(F)c1)N1CCC2(CCOC2)C1.I. The second kappa shape index (κ2) is 8.55. The van der Waals surface area contributed by atoms with E-state index in [-0.39, 0.29) is 35.2 Å². The molecule has 0 aliphatic carbocycles. The third kappa shape index (κ3) is 4.26.